The van der Waals surface area contributed by atoms with Crippen LogP contribution in [0.25, 0.3) is 0 Å². The molecule has 0 fully saturated rings. The average Bonchev–Trinajstić information content (AvgIpc) is 2.83. The Balaban J connectivity index is 1.98. The highest BCUT2D eigenvalue weighted by atomic mass is 16.3. The van der Waals surface area contributed by atoms with Crippen molar-refractivity contribution in [1.29, 1.82) is 0 Å². The second-order valence-electron chi connectivity index (χ2n) is 4.96. The molecule has 3 N–H and O–H groups in total. The van der Waals surface area contributed by atoms with Crippen LogP contribution in [0.2, 0.25) is 0 Å². The first-order chi connectivity index (χ1) is 8.22. The van der Waals surface area contributed by atoms with Gasteiger partial charge >= 0.3 is 0 Å². The molecule has 2 atom stereocenters. The third-order valence-corrected chi connectivity index (χ3v) is 3.69. The normalized spacial score (nSPS) is 17.4. The molecular weight excluding hydrogens is 212 g/mol. The molecule has 3 nitrogen and oxygen atoms in total. The number of fused-ring (bicyclic) bond motifs is 1. The summed E-state index contributed by atoms with van der Waals surface area (Å²) < 4.78 is 0. The molecule has 94 valence electrons. The first-order valence-corrected chi connectivity index (χ1v) is 6.41. The van der Waals surface area contributed by atoms with E-state index in [4.69, 9.17) is 5.11 Å². The van der Waals surface area contributed by atoms with Gasteiger partial charge in [-0.2, -0.15) is 0 Å². The zero-order chi connectivity index (χ0) is 12.3. The minimum absolute atomic E-state index is 0.235. The summed E-state index contributed by atoms with van der Waals surface area (Å²) >= 11 is 0. The maximum Gasteiger partial charge on any atom is 0.0471 e. The van der Waals surface area contributed by atoms with Gasteiger partial charge in [0.1, 0.15) is 0 Å². The number of benzene rings is 1. The Labute approximate surface area is 103 Å². The summed E-state index contributed by atoms with van der Waals surface area (Å²) in [5.41, 5.74) is 4.06. The number of aliphatic hydroxyl groups is 1. The number of hydrogen-bond donors (Lipinski definition) is 3. The Kier molecular flexibility index (Phi) is 4.02. The van der Waals surface area contributed by atoms with Gasteiger partial charge in [-0.25, -0.2) is 0 Å². The van der Waals surface area contributed by atoms with Crippen LogP contribution >= 0.6 is 0 Å². The molecule has 1 heterocycles. The van der Waals surface area contributed by atoms with Crippen molar-refractivity contribution in [3.63, 3.8) is 0 Å². The van der Waals surface area contributed by atoms with Gasteiger partial charge in [0.05, 0.1) is 0 Å². The predicted molar refractivity (Wildman–Crippen MR) is 71.2 cm³/mol. The summed E-state index contributed by atoms with van der Waals surface area (Å²) in [7, 11) is 0. The predicted octanol–water partition coefficient (Wildman–Crippen LogP) is 1.76. The lowest BCUT2D eigenvalue weighted by Crippen LogP contribution is -2.33. The van der Waals surface area contributed by atoms with Crippen LogP contribution in [0.1, 0.15) is 25.0 Å². The van der Waals surface area contributed by atoms with Gasteiger partial charge < -0.3 is 15.7 Å². The van der Waals surface area contributed by atoms with E-state index in [0.29, 0.717) is 12.0 Å². The van der Waals surface area contributed by atoms with Crippen LogP contribution in [0.15, 0.2) is 18.2 Å². The van der Waals surface area contributed by atoms with Crippen molar-refractivity contribution in [3.05, 3.63) is 29.3 Å². The Morgan fingerprint density at radius 3 is 3.00 bits per heavy atom. The summed E-state index contributed by atoms with van der Waals surface area (Å²) in [6, 6.07) is 6.82. The highest BCUT2D eigenvalue weighted by Crippen LogP contribution is 2.26. The maximum atomic E-state index is 9.10. The molecular formula is C14H22N2O. The summed E-state index contributed by atoms with van der Waals surface area (Å²) in [5, 5.41) is 16.0. The standard InChI is InChI=1S/C14H22N2O/c1-10(9-17)11(2)16-8-13-5-3-4-12-6-7-15-14(12)13/h3-5,10-11,15-17H,6-9H2,1-2H3. The molecule has 2 unspecified atom stereocenters. The maximum absolute atomic E-state index is 9.10. The molecule has 0 saturated heterocycles. The van der Waals surface area contributed by atoms with Gasteiger partial charge in [0.2, 0.25) is 0 Å². The minimum Gasteiger partial charge on any atom is -0.396 e. The molecule has 0 radical (unpaired) electrons. The third kappa shape index (κ3) is 2.79. The molecule has 1 aromatic rings. The topological polar surface area (TPSA) is 44.3 Å². The van der Waals surface area contributed by atoms with Crippen LogP contribution in [0.3, 0.4) is 0 Å². The molecule has 2 rings (SSSR count). The molecule has 0 saturated carbocycles. The van der Waals surface area contributed by atoms with E-state index in [2.05, 4.69) is 42.7 Å². The molecule has 1 aromatic carbocycles. The van der Waals surface area contributed by atoms with Crippen molar-refractivity contribution >= 4 is 5.69 Å². The Morgan fingerprint density at radius 2 is 2.24 bits per heavy atom. The van der Waals surface area contributed by atoms with Crippen molar-refractivity contribution in [2.75, 3.05) is 18.5 Å². The third-order valence-electron chi connectivity index (χ3n) is 3.69. The molecule has 0 bridgehead atoms. The van der Waals surface area contributed by atoms with Crippen LogP contribution in [0, 0.1) is 5.92 Å². The van der Waals surface area contributed by atoms with Gasteiger partial charge in [0.25, 0.3) is 0 Å². The molecule has 17 heavy (non-hydrogen) atoms. The Morgan fingerprint density at radius 1 is 1.41 bits per heavy atom. The van der Waals surface area contributed by atoms with Crippen LogP contribution in [0.5, 0.6) is 0 Å². The first-order valence-electron chi connectivity index (χ1n) is 6.41. The summed E-state index contributed by atoms with van der Waals surface area (Å²) in [4.78, 5) is 0. The second kappa shape index (κ2) is 5.52. The number of para-hydroxylation sites is 1. The van der Waals surface area contributed by atoms with E-state index in [9.17, 15) is 0 Å². The van der Waals surface area contributed by atoms with Crippen LogP contribution in [0.4, 0.5) is 5.69 Å². The Bertz CT molecular complexity index is 378. The fourth-order valence-corrected chi connectivity index (χ4v) is 2.19. The SMILES string of the molecule is CC(CO)C(C)NCc1cccc2c1NCC2. The van der Waals surface area contributed by atoms with Gasteiger partial charge in [0, 0.05) is 31.4 Å². The quantitative estimate of drug-likeness (QED) is 0.727. The summed E-state index contributed by atoms with van der Waals surface area (Å²) in [5.74, 6) is 0.291. The number of rotatable bonds is 5. The van der Waals surface area contributed by atoms with E-state index < -0.39 is 0 Å². The zero-order valence-electron chi connectivity index (χ0n) is 10.7. The van der Waals surface area contributed by atoms with E-state index in [-0.39, 0.29) is 6.61 Å². The smallest absolute Gasteiger partial charge is 0.0471 e. The van der Waals surface area contributed by atoms with Gasteiger partial charge in [-0.1, -0.05) is 25.1 Å². The van der Waals surface area contributed by atoms with Crippen molar-refractivity contribution in [1.82, 2.24) is 5.32 Å². The van der Waals surface area contributed by atoms with Gasteiger partial charge in [-0.05, 0) is 30.4 Å². The van der Waals surface area contributed by atoms with Gasteiger partial charge in [-0.15, -0.1) is 0 Å². The average molecular weight is 234 g/mol. The highest BCUT2D eigenvalue weighted by molar-refractivity contribution is 5.61. The molecule has 3 heteroatoms. The van der Waals surface area contributed by atoms with E-state index >= 15 is 0 Å². The molecule has 0 amide bonds. The fraction of sp³-hybridized carbons (Fsp3) is 0.571. The van der Waals surface area contributed by atoms with Crippen molar-refractivity contribution in [2.24, 2.45) is 5.92 Å². The van der Waals surface area contributed by atoms with E-state index in [0.717, 1.165) is 19.5 Å². The van der Waals surface area contributed by atoms with Crippen molar-refractivity contribution in [2.45, 2.75) is 32.9 Å². The van der Waals surface area contributed by atoms with Gasteiger partial charge in [0.15, 0.2) is 0 Å². The molecule has 1 aliphatic heterocycles. The monoisotopic (exact) mass is 234 g/mol. The summed E-state index contributed by atoms with van der Waals surface area (Å²) in [6.45, 7) is 6.33. The number of aliphatic hydroxyl groups excluding tert-OH is 1. The van der Waals surface area contributed by atoms with Crippen LogP contribution < -0.4 is 10.6 Å². The Hall–Kier alpha value is -1.06. The van der Waals surface area contributed by atoms with Gasteiger partial charge in [-0.3, -0.25) is 0 Å². The lowest BCUT2D eigenvalue weighted by molar-refractivity contribution is 0.207. The second-order valence-corrected chi connectivity index (χ2v) is 4.96. The molecule has 0 aliphatic carbocycles. The molecule has 1 aliphatic rings. The van der Waals surface area contributed by atoms with Crippen LogP contribution in [-0.4, -0.2) is 24.3 Å². The molecule has 0 aromatic heterocycles. The van der Waals surface area contributed by atoms with E-state index in [1.807, 2.05) is 0 Å². The zero-order valence-corrected chi connectivity index (χ0v) is 10.7. The summed E-state index contributed by atoms with van der Waals surface area (Å²) in [6.07, 6.45) is 1.13. The first kappa shape index (κ1) is 12.4. The lowest BCUT2D eigenvalue weighted by Gasteiger charge is -2.20. The number of hydrogen-bond acceptors (Lipinski definition) is 3. The van der Waals surface area contributed by atoms with Crippen LogP contribution in [-0.2, 0) is 13.0 Å². The minimum atomic E-state index is 0.235. The highest BCUT2D eigenvalue weighted by Gasteiger charge is 2.15. The number of nitrogens with one attached hydrogen (secondary N) is 2. The fourth-order valence-electron chi connectivity index (χ4n) is 2.19. The number of anilines is 1. The van der Waals surface area contributed by atoms with Crippen molar-refractivity contribution < 1.29 is 5.11 Å². The largest absolute Gasteiger partial charge is 0.396 e. The van der Waals surface area contributed by atoms with Crippen molar-refractivity contribution in [3.8, 4) is 0 Å². The molecule has 0 spiro atoms. The van der Waals surface area contributed by atoms with E-state index in [1.165, 1.54) is 16.8 Å². The van der Waals surface area contributed by atoms with E-state index in [1.54, 1.807) is 0 Å². The lowest BCUT2D eigenvalue weighted by atomic mass is 10.0.